The molecule has 1 aromatic carbocycles. The summed E-state index contributed by atoms with van der Waals surface area (Å²) in [6, 6.07) is 4.18. The quantitative estimate of drug-likeness (QED) is 0.208. The average Bonchev–Trinajstić information content (AvgIpc) is 3.55. The zero-order valence-electron chi connectivity index (χ0n) is 20.5. The van der Waals surface area contributed by atoms with Crippen molar-refractivity contribution in [3.05, 3.63) is 36.0 Å². The van der Waals surface area contributed by atoms with Crippen molar-refractivity contribution in [2.75, 3.05) is 12.3 Å². The van der Waals surface area contributed by atoms with Crippen LogP contribution in [-0.2, 0) is 25.6 Å². The molecule has 1 saturated heterocycles. The minimum absolute atomic E-state index is 0.0393. The number of thiol groups is 1. The molecule has 6 N–H and O–H groups in total. The second kappa shape index (κ2) is 12.8. The summed E-state index contributed by atoms with van der Waals surface area (Å²) >= 11 is 4.20. The van der Waals surface area contributed by atoms with E-state index >= 15 is 0 Å². The van der Waals surface area contributed by atoms with Crippen LogP contribution in [0.25, 0.3) is 10.9 Å². The second-order valence-corrected chi connectivity index (χ2v) is 9.59. The first kappa shape index (κ1) is 27.5. The monoisotopic (exact) mass is 517 g/mol. The van der Waals surface area contributed by atoms with Crippen LogP contribution in [0.4, 0.5) is 0 Å². The first-order valence-corrected chi connectivity index (χ1v) is 12.9. The fourth-order valence-corrected chi connectivity index (χ4v) is 4.57. The summed E-state index contributed by atoms with van der Waals surface area (Å²) in [5.41, 5.74) is 1.76. The summed E-state index contributed by atoms with van der Waals surface area (Å²) in [7, 11) is 0. The zero-order valence-corrected chi connectivity index (χ0v) is 21.4. The third-order valence-corrected chi connectivity index (χ3v) is 7.07. The SMILES string of the molecule is CCC(C)C(NC(=O)C(CS)NC(=O)C(Cc1c[nH]c2ccccc12)NC(=O)C1CCCN1)C(=O)O. The number of benzene rings is 1. The molecule has 36 heavy (non-hydrogen) atoms. The number of aromatic amines is 1. The van der Waals surface area contributed by atoms with Gasteiger partial charge in [-0.15, -0.1) is 0 Å². The van der Waals surface area contributed by atoms with Crippen LogP contribution in [0.1, 0.15) is 38.7 Å². The van der Waals surface area contributed by atoms with Gasteiger partial charge in [-0.1, -0.05) is 38.5 Å². The number of carbonyl (C=O) groups is 4. The molecule has 2 heterocycles. The van der Waals surface area contributed by atoms with E-state index < -0.39 is 35.9 Å². The van der Waals surface area contributed by atoms with E-state index in [0.29, 0.717) is 12.8 Å². The fourth-order valence-electron chi connectivity index (χ4n) is 4.31. The lowest BCUT2D eigenvalue weighted by Crippen LogP contribution is -2.58. The molecule has 1 aromatic heterocycles. The molecule has 3 amide bonds. The third kappa shape index (κ3) is 6.79. The molecular formula is C25H35N5O5S. The molecule has 2 aromatic rings. The third-order valence-electron chi connectivity index (χ3n) is 6.70. The van der Waals surface area contributed by atoms with E-state index in [1.807, 2.05) is 31.2 Å². The summed E-state index contributed by atoms with van der Waals surface area (Å²) in [5.74, 6) is -2.94. The number of carbonyl (C=O) groups excluding carboxylic acids is 3. The Morgan fingerprint density at radius 3 is 2.47 bits per heavy atom. The van der Waals surface area contributed by atoms with Crippen molar-refractivity contribution >= 4 is 47.2 Å². The molecule has 5 atom stereocenters. The van der Waals surface area contributed by atoms with Gasteiger partial charge in [-0.3, -0.25) is 14.4 Å². The van der Waals surface area contributed by atoms with E-state index in [1.54, 1.807) is 13.1 Å². The van der Waals surface area contributed by atoms with Gasteiger partial charge >= 0.3 is 5.97 Å². The molecule has 3 rings (SSSR count). The lowest BCUT2D eigenvalue weighted by atomic mass is 9.99. The Labute approximate surface area is 215 Å². The van der Waals surface area contributed by atoms with Crippen LogP contribution in [0.2, 0.25) is 0 Å². The smallest absolute Gasteiger partial charge is 0.326 e. The number of fused-ring (bicyclic) bond motifs is 1. The second-order valence-electron chi connectivity index (χ2n) is 9.23. The van der Waals surface area contributed by atoms with Gasteiger partial charge in [-0.25, -0.2) is 4.79 Å². The van der Waals surface area contributed by atoms with Gasteiger partial charge in [0.2, 0.25) is 17.7 Å². The Bertz CT molecular complexity index is 1080. The van der Waals surface area contributed by atoms with Crippen molar-refractivity contribution in [1.29, 1.82) is 0 Å². The number of nitrogens with one attached hydrogen (secondary N) is 5. The molecule has 0 saturated carbocycles. The first-order chi connectivity index (χ1) is 17.2. The topological polar surface area (TPSA) is 152 Å². The predicted molar refractivity (Wildman–Crippen MR) is 140 cm³/mol. The summed E-state index contributed by atoms with van der Waals surface area (Å²) in [6.07, 6.45) is 4.13. The Balaban J connectivity index is 1.76. The van der Waals surface area contributed by atoms with E-state index in [-0.39, 0.29) is 30.0 Å². The van der Waals surface area contributed by atoms with Crippen LogP contribution in [0, 0.1) is 5.92 Å². The number of aliphatic carboxylic acids is 1. The number of hydrogen-bond acceptors (Lipinski definition) is 6. The van der Waals surface area contributed by atoms with Gasteiger partial charge in [0.1, 0.15) is 18.1 Å². The minimum Gasteiger partial charge on any atom is -0.480 e. The Morgan fingerprint density at radius 1 is 1.11 bits per heavy atom. The summed E-state index contributed by atoms with van der Waals surface area (Å²) in [4.78, 5) is 53.9. The Kier molecular flexibility index (Phi) is 9.77. The molecule has 0 spiro atoms. The highest BCUT2D eigenvalue weighted by Crippen LogP contribution is 2.19. The molecule has 1 fully saturated rings. The van der Waals surface area contributed by atoms with Gasteiger partial charge < -0.3 is 31.4 Å². The van der Waals surface area contributed by atoms with Crippen molar-refractivity contribution < 1.29 is 24.3 Å². The van der Waals surface area contributed by atoms with Crippen LogP contribution in [0.3, 0.4) is 0 Å². The van der Waals surface area contributed by atoms with Crippen LogP contribution in [0.5, 0.6) is 0 Å². The highest BCUT2D eigenvalue weighted by Gasteiger charge is 2.32. The van der Waals surface area contributed by atoms with Crippen LogP contribution >= 0.6 is 12.6 Å². The van der Waals surface area contributed by atoms with E-state index in [4.69, 9.17) is 0 Å². The molecule has 11 heteroatoms. The van der Waals surface area contributed by atoms with Crippen molar-refractivity contribution in [2.24, 2.45) is 5.92 Å². The molecule has 1 aliphatic heterocycles. The molecule has 0 radical (unpaired) electrons. The molecular weight excluding hydrogens is 482 g/mol. The highest BCUT2D eigenvalue weighted by molar-refractivity contribution is 7.80. The normalized spacial score (nSPS) is 18.7. The van der Waals surface area contributed by atoms with Crippen molar-refractivity contribution in [3.8, 4) is 0 Å². The molecule has 0 bridgehead atoms. The molecule has 10 nitrogen and oxygen atoms in total. The number of amides is 3. The van der Waals surface area contributed by atoms with Crippen LogP contribution in [-0.4, -0.2) is 70.2 Å². The van der Waals surface area contributed by atoms with Crippen molar-refractivity contribution in [2.45, 2.75) is 63.7 Å². The van der Waals surface area contributed by atoms with E-state index in [9.17, 15) is 24.3 Å². The number of carboxylic acid groups (broad SMARTS) is 1. The molecule has 0 aliphatic carbocycles. The van der Waals surface area contributed by atoms with Crippen LogP contribution < -0.4 is 21.3 Å². The number of H-pyrrole nitrogens is 1. The maximum atomic E-state index is 13.4. The lowest BCUT2D eigenvalue weighted by Gasteiger charge is -2.26. The summed E-state index contributed by atoms with van der Waals surface area (Å²) in [6.45, 7) is 4.30. The van der Waals surface area contributed by atoms with Crippen molar-refractivity contribution in [3.63, 3.8) is 0 Å². The Hall–Kier alpha value is -3.05. The van der Waals surface area contributed by atoms with Gasteiger partial charge in [0.25, 0.3) is 0 Å². The van der Waals surface area contributed by atoms with Crippen LogP contribution in [0.15, 0.2) is 30.5 Å². The van der Waals surface area contributed by atoms with E-state index in [1.165, 1.54) is 0 Å². The lowest BCUT2D eigenvalue weighted by molar-refractivity contribution is -0.143. The summed E-state index contributed by atoms with van der Waals surface area (Å²) in [5, 5.41) is 21.6. The Morgan fingerprint density at radius 2 is 1.83 bits per heavy atom. The minimum atomic E-state index is -1.14. The van der Waals surface area contributed by atoms with Gasteiger partial charge in [-0.05, 0) is 36.9 Å². The number of carboxylic acids is 1. The highest BCUT2D eigenvalue weighted by atomic mass is 32.1. The largest absolute Gasteiger partial charge is 0.480 e. The molecule has 196 valence electrons. The van der Waals surface area contributed by atoms with Gasteiger partial charge in [0.05, 0.1) is 6.04 Å². The molecule has 1 aliphatic rings. The predicted octanol–water partition coefficient (Wildman–Crippen LogP) is 0.977. The van der Waals surface area contributed by atoms with E-state index in [0.717, 1.165) is 29.4 Å². The van der Waals surface area contributed by atoms with Gasteiger partial charge in [-0.2, -0.15) is 12.6 Å². The van der Waals surface area contributed by atoms with Gasteiger partial charge in [0, 0.05) is 29.3 Å². The number of rotatable bonds is 12. The average molecular weight is 518 g/mol. The fraction of sp³-hybridized carbons (Fsp3) is 0.520. The summed E-state index contributed by atoms with van der Waals surface area (Å²) < 4.78 is 0. The molecule has 5 unspecified atom stereocenters. The van der Waals surface area contributed by atoms with Crippen molar-refractivity contribution in [1.82, 2.24) is 26.3 Å². The standard InChI is InChI=1S/C25H35N5O5S/c1-3-14(2)21(25(34)35)30-24(33)20(13-36)29-23(32)19(28-22(31)18-9-6-10-26-18)11-15-12-27-17-8-5-4-7-16(15)17/h4-5,7-8,12,14,18-21,26-27,36H,3,6,9-11,13H2,1-2H3,(H,28,31)(H,29,32)(H,30,33)(H,34,35). The zero-order chi connectivity index (χ0) is 26.2. The van der Waals surface area contributed by atoms with E-state index in [2.05, 4.69) is 38.9 Å². The van der Waals surface area contributed by atoms with Gasteiger partial charge in [0.15, 0.2) is 0 Å². The first-order valence-electron chi connectivity index (χ1n) is 12.3. The number of aromatic nitrogens is 1. The number of hydrogen-bond donors (Lipinski definition) is 7. The number of para-hydroxylation sites is 1. The maximum Gasteiger partial charge on any atom is 0.326 e. The maximum absolute atomic E-state index is 13.4.